The van der Waals surface area contributed by atoms with E-state index in [0.29, 0.717) is 0 Å². The molecule has 0 spiro atoms. The van der Waals surface area contributed by atoms with Crippen molar-refractivity contribution < 1.29 is 27.4 Å². The molecule has 72 heavy (non-hydrogen) atoms. The van der Waals surface area contributed by atoms with Crippen molar-refractivity contribution >= 4 is 73.6 Å². The third-order valence-corrected chi connectivity index (χ3v) is 18.0. The van der Waals surface area contributed by atoms with Crippen molar-refractivity contribution in [2.24, 2.45) is 0 Å². The predicted molar refractivity (Wildman–Crippen MR) is 298 cm³/mol. The van der Waals surface area contributed by atoms with Crippen LogP contribution in [0, 0.1) is 6.92 Å². The molecular weight excluding hydrogens is 989 g/mol. The number of carbonyl (C=O) groups is 3. The Morgan fingerprint density at radius 2 is 0.708 bits per heavy atom. The molecule has 7 rings (SSSR count). The molecule has 0 saturated carbocycles. The van der Waals surface area contributed by atoms with Gasteiger partial charge in [-0.3, -0.25) is 14.4 Å². The summed E-state index contributed by atoms with van der Waals surface area (Å²) in [6, 6.07) is 51.5. The number of rotatable bonds is 22. The van der Waals surface area contributed by atoms with Crippen LogP contribution in [0.3, 0.4) is 0 Å². The van der Waals surface area contributed by atoms with E-state index in [1.165, 1.54) is 26.8 Å². The fourth-order valence-electron chi connectivity index (χ4n) is 8.11. The number of unbranched alkanes of at least 4 members (excludes halogenated alkanes) is 3. The number of benzene rings is 7. The summed E-state index contributed by atoms with van der Waals surface area (Å²) >= 11 is 5.21. The lowest BCUT2D eigenvalue weighted by Crippen LogP contribution is -2.05. The van der Waals surface area contributed by atoms with Crippen molar-refractivity contribution in [3.8, 4) is 0 Å². The normalized spacial score (nSPS) is 11.3. The molecule has 0 unspecified atom stereocenters. The minimum absolute atomic E-state index is 0.122. The van der Waals surface area contributed by atoms with Crippen LogP contribution in [0.2, 0.25) is 0 Å². The summed E-state index contributed by atoms with van der Waals surface area (Å²) in [6.07, 6.45) is 9.19. The Balaban J connectivity index is 0.000000680. The topological polar surface area (TPSA) is 108 Å². The third kappa shape index (κ3) is 16.2. The standard InChI is InChI=1S/C54H57O3S4.C7H8O3S/c1-7-10-13-40-34-46(22-31-52(40)37(4)55)58-43-16-25-49(26-17-43)61(50-27-18-44(19-28-50)59-47-23-32-53(38(5)56)41(35-47)14-11-8-2)51-29-20-45(21-30-51)60-48-24-33-54(39(6)57)42(36-48)15-12-9-3;1-6-2-4-7(5-3-6)11(8,9)10/h16-36H,7-15H2,1-6H3;2-5H,1H3,(H,8,9,10)/q+1;/p-1. The second-order valence-corrected chi connectivity index (χ2v) is 24.6. The highest BCUT2D eigenvalue weighted by molar-refractivity contribution is 8.00. The lowest BCUT2D eigenvalue weighted by molar-refractivity contribution is 0.100. The zero-order valence-corrected chi connectivity index (χ0v) is 46.4. The van der Waals surface area contributed by atoms with Gasteiger partial charge in [0, 0.05) is 46.1 Å². The molecular formula is C61H64O6S5. The van der Waals surface area contributed by atoms with Crippen LogP contribution in [-0.2, 0) is 40.3 Å². The first kappa shape index (κ1) is 56.2. The third-order valence-electron chi connectivity index (χ3n) is 12.0. The molecule has 6 nitrogen and oxygen atoms in total. The first-order valence-electron chi connectivity index (χ1n) is 24.6. The van der Waals surface area contributed by atoms with Crippen LogP contribution in [0.25, 0.3) is 0 Å². The number of hydrogen-bond donors (Lipinski definition) is 0. The summed E-state index contributed by atoms with van der Waals surface area (Å²) in [7, 11) is -4.64. The summed E-state index contributed by atoms with van der Waals surface area (Å²) in [6.45, 7) is 13.3. The first-order valence-corrected chi connectivity index (χ1v) is 29.7. The Hall–Kier alpha value is -5.14. The molecule has 0 heterocycles. The molecule has 0 atom stereocenters. The summed E-state index contributed by atoms with van der Waals surface area (Å²) in [4.78, 5) is 47.5. The van der Waals surface area contributed by atoms with Gasteiger partial charge in [0.05, 0.1) is 15.8 Å². The molecule has 0 bridgehead atoms. The maximum absolute atomic E-state index is 12.4. The van der Waals surface area contributed by atoms with Crippen LogP contribution < -0.4 is 0 Å². The van der Waals surface area contributed by atoms with Gasteiger partial charge in [-0.1, -0.05) is 111 Å². The fourth-order valence-corrected chi connectivity index (χ4v) is 13.3. The van der Waals surface area contributed by atoms with Crippen LogP contribution in [0.1, 0.15) is 133 Å². The molecule has 11 heteroatoms. The number of carbonyl (C=O) groups excluding carboxylic acids is 3. The predicted octanol–water partition coefficient (Wildman–Crippen LogP) is 16.8. The van der Waals surface area contributed by atoms with Gasteiger partial charge in [-0.25, -0.2) is 8.42 Å². The van der Waals surface area contributed by atoms with Gasteiger partial charge < -0.3 is 4.55 Å². The van der Waals surface area contributed by atoms with Gasteiger partial charge in [-0.2, -0.15) is 0 Å². The second-order valence-electron chi connectivity index (χ2n) is 17.7. The molecule has 0 amide bonds. The minimum Gasteiger partial charge on any atom is -0.744 e. The number of aryl methyl sites for hydroxylation is 4. The second kappa shape index (κ2) is 27.2. The van der Waals surface area contributed by atoms with Crippen molar-refractivity contribution in [1.29, 1.82) is 0 Å². The lowest BCUT2D eigenvalue weighted by Gasteiger charge is -2.12. The molecule has 374 valence electrons. The van der Waals surface area contributed by atoms with E-state index in [9.17, 15) is 27.4 Å². The monoisotopic (exact) mass is 1050 g/mol. The van der Waals surface area contributed by atoms with E-state index in [2.05, 4.69) is 130 Å². The van der Waals surface area contributed by atoms with Crippen molar-refractivity contribution in [2.75, 3.05) is 0 Å². The highest BCUT2D eigenvalue weighted by atomic mass is 32.2. The van der Waals surface area contributed by atoms with Gasteiger partial charge in [0.1, 0.15) is 10.1 Å². The molecule has 0 fully saturated rings. The Bertz CT molecular complexity index is 2780. The summed E-state index contributed by atoms with van der Waals surface area (Å²) < 4.78 is 31.2. The van der Waals surface area contributed by atoms with Crippen LogP contribution in [0.5, 0.6) is 0 Å². The van der Waals surface area contributed by atoms with Gasteiger partial charge in [-0.15, -0.1) is 0 Å². The quantitative estimate of drug-likeness (QED) is 0.0372. The van der Waals surface area contributed by atoms with Crippen LogP contribution >= 0.6 is 35.3 Å². The number of ketones is 3. The van der Waals surface area contributed by atoms with Gasteiger partial charge >= 0.3 is 0 Å². The van der Waals surface area contributed by atoms with Gasteiger partial charge in [-0.05, 0) is 204 Å². The van der Waals surface area contributed by atoms with E-state index in [4.69, 9.17) is 0 Å². The van der Waals surface area contributed by atoms with Gasteiger partial charge in [0.15, 0.2) is 32.0 Å². The number of hydrogen-bond acceptors (Lipinski definition) is 9. The molecule has 0 aliphatic rings. The zero-order chi connectivity index (χ0) is 51.8. The van der Waals surface area contributed by atoms with Crippen molar-refractivity contribution in [1.82, 2.24) is 0 Å². The molecule has 0 aliphatic heterocycles. The highest BCUT2D eigenvalue weighted by Gasteiger charge is 2.29. The van der Waals surface area contributed by atoms with Crippen LogP contribution in [-0.4, -0.2) is 30.3 Å². The molecule has 7 aromatic carbocycles. The Labute approximate surface area is 443 Å². The Morgan fingerprint density at radius 3 is 0.958 bits per heavy atom. The van der Waals surface area contributed by atoms with Crippen LogP contribution in [0.4, 0.5) is 0 Å². The first-order chi connectivity index (χ1) is 34.6. The largest absolute Gasteiger partial charge is 0.744 e. The SMILES string of the molecule is CCCCc1cc(Sc2ccc([S+](c3ccc(Sc4ccc(C(C)=O)c(CCCC)c4)cc3)c3ccc(Sc4ccc(C(C)=O)c(CCCC)c4)cc3)cc2)ccc1C(C)=O.Cc1ccc(S(=O)(=O)[O-])cc1. The van der Waals surface area contributed by atoms with Crippen LogP contribution in [0.15, 0.2) is 201 Å². The maximum atomic E-state index is 12.4. The summed E-state index contributed by atoms with van der Waals surface area (Å²) in [5, 5.41) is 0. The Morgan fingerprint density at radius 1 is 0.431 bits per heavy atom. The zero-order valence-electron chi connectivity index (χ0n) is 42.3. The fraction of sp³-hybridized carbons (Fsp3) is 0.262. The number of Topliss-reactive ketones (excluding diaryl/α,β-unsaturated/α-hetero) is 3. The molecule has 0 saturated heterocycles. The maximum Gasteiger partial charge on any atom is 0.166 e. The lowest BCUT2D eigenvalue weighted by atomic mass is 10.00. The van der Waals surface area contributed by atoms with E-state index >= 15 is 0 Å². The van der Waals surface area contributed by atoms with E-state index in [0.717, 1.165) is 126 Å². The van der Waals surface area contributed by atoms with Gasteiger partial charge in [0.25, 0.3) is 0 Å². The molecule has 0 aromatic heterocycles. The summed E-state index contributed by atoms with van der Waals surface area (Å²) in [5.41, 5.74) is 6.82. The highest BCUT2D eigenvalue weighted by Crippen LogP contribution is 2.39. The minimum atomic E-state index is -4.27. The summed E-state index contributed by atoms with van der Waals surface area (Å²) in [5.74, 6) is 0.367. The average molecular weight is 1050 g/mol. The molecule has 0 aliphatic carbocycles. The molecule has 0 radical (unpaired) electrons. The van der Waals surface area contributed by atoms with E-state index < -0.39 is 10.1 Å². The van der Waals surface area contributed by atoms with Crippen molar-refractivity contribution in [2.45, 2.75) is 155 Å². The smallest absolute Gasteiger partial charge is 0.166 e. The van der Waals surface area contributed by atoms with E-state index in [1.807, 2.05) is 25.1 Å². The van der Waals surface area contributed by atoms with E-state index in [1.54, 1.807) is 68.2 Å². The molecule has 7 aromatic rings. The van der Waals surface area contributed by atoms with Gasteiger partial charge in [0.2, 0.25) is 0 Å². The van der Waals surface area contributed by atoms with Crippen molar-refractivity contribution in [3.63, 3.8) is 0 Å². The molecule has 0 N–H and O–H groups in total. The van der Waals surface area contributed by atoms with Crippen molar-refractivity contribution in [3.05, 3.63) is 191 Å². The Kier molecular flexibility index (Phi) is 21.2. The van der Waals surface area contributed by atoms with E-state index in [-0.39, 0.29) is 33.1 Å². The average Bonchev–Trinajstić information content (AvgIpc) is 3.36.